The fraction of sp³-hybridized carbons (Fsp3) is 0.200. The highest BCUT2D eigenvalue weighted by Crippen LogP contribution is 2.15. The molecule has 0 bridgehead atoms. The van der Waals surface area contributed by atoms with E-state index in [1.54, 1.807) is 24.3 Å². The summed E-state index contributed by atoms with van der Waals surface area (Å²) in [4.78, 5) is 0.199. The molecule has 0 saturated heterocycles. The minimum Gasteiger partial charge on any atom is -0.468 e. The number of nitrogens with two attached hydrogens (primary N) is 1. The normalized spacial score (nSPS) is 11.0. The monoisotopic (exact) mass is 304 g/mol. The lowest BCUT2D eigenvalue weighted by Gasteiger charge is -2.07. The molecular formula is C15H16N2O3S. The van der Waals surface area contributed by atoms with Gasteiger partial charge in [-0.3, -0.25) is 0 Å². The predicted octanol–water partition coefficient (Wildman–Crippen LogP) is 1.38. The van der Waals surface area contributed by atoms with Gasteiger partial charge in [0, 0.05) is 5.56 Å². The third-order valence-electron chi connectivity index (χ3n) is 2.85. The predicted molar refractivity (Wildman–Crippen MR) is 79.8 cm³/mol. The Bertz CT molecular complexity index is 769. The molecule has 0 aliphatic carbocycles. The minimum absolute atomic E-state index is 0.114. The van der Waals surface area contributed by atoms with Crippen LogP contribution in [0.25, 0.3) is 0 Å². The standard InChI is InChI=1S/C15H16N2O3S/c1-12-10-15(7-6-13(12)4-2-8-16)21(18,19)17-11-14-5-3-9-20-14/h3,5-7,9-10,17H,8,11,16H2,1H3. The van der Waals surface area contributed by atoms with Gasteiger partial charge in [0.2, 0.25) is 10.0 Å². The molecule has 110 valence electrons. The van der Waals surface area contributed by atoms with Crippen molar-refractivity contribution in [1.29, 1.82) is 0 Å². The lowest BCUT2D eigenvalue weighted by Crippen LogP contribution is -2.23. The first-order chi connectivity index (χ1) is 10.0. The molecule has 1 aromatic carbocycles. The smallest absolute Gasteiger partial charge is 0.240 e. The van der Waals surface area contributed by atoms with Gasteiger partial charge in [0.1, 0.15) is 5.76 Å². The van der Waals surface area contributed by atoms with Crippen molar-refractivity contribution in [2.45, 2.75) is 18.4 Å². The van der Waals surface area contributed by atoms with Crippen molar-refractivity contribution in [1.82, 2.24) is 4.72 Å². The molecule has 0 amide bonds. The maximum Gasteiger partial charge on any atom is 0.240 e. The first-order valence-corrected chi connectivity index (χ1v) is 7.83. The van der Waals surface area contributed by atoms with Crippen LogP contribution in [-0.4, -0.2) is 15.0 Å². The molecule has 21 heavy (non-hydrogen) atoms. The average molecular weight is 304 g/mol. The Hall–Kier alpha value is -2.07. The highest BCUT2D eigenvalue weighted by atomic mass is 32.2. The highest BCUT2D eigenvalue weighted by molar-refractivity contribution is 7.89. The van der Waals surface area contributed by atoms with Crippen LogP contribution in [0.3, 0.4) is 0 Å². The van der Waals surface area contributed by atoms with Crippen LogP contribution >= 0.6 is 0 Å². The van der Waals surface area contributed by atoms with Gasteiger partial charge in [-0.2, -0.15) is 0 Å². The summed E-state index contributed by atoms with van der Waals surface area (Å²) < 4.78 is 32.0. The minimum atomic E-state index is -3.58. The number of hydrogen-bond donors (Lipinski definition) is 2. The molecule has 6 heteroatoms. The number of aryl methyl sites for hydroxylation is 1. The number of benzene rings is 1. The number of nitrogens with one attached hydrogen (secondary N) is 1. The SMILES string of the molecule is Cc1cc(S(=O)(=O)NCc2ccco2)ccc1C#CCN. The van der Waals surface area contributed by atoms with E-state index < -0.39 is 10.0 Å². The van der Waals surface area contributed by atoms with Crippen LogP contribution in [0.2, 0.25) is 0 Å². The summed E-state index contributed by atoms with van der Waals surface area (Å²) >= 11 is 0. The number of rotatable bonds is 4. The van der Waals surface area contributed by atoms with E-state index in [4.69, 9.17) is 10.2 Å². The summed E-state index contributed by atoms with van der Waals surface area (Å²) in [7, 11) is -3.58. The molecule has 0 unspecified atom stereocenters. The molecule has 0 saturated carbocycles. The zero-order chi connectivity index (χ0) is 15.3. The molecule has 2 aromatic rings. The number of furan rings is 1. The van der Waals surface area contributed by atoms with Gasteiger partial charge < -0.3 is 10.2 Å². The van der Waals surface area contributed by atoms with E-state index in [0.29, 0.717) is 5.76 Å². The van der Waals surface area contributed by atoms with Gasteiger partial charge in [-0.15, -0.1) is 0 Å². The fourth-order valence-electron chi connectivity index (χ4n) is 1.75. The maximum absolute atomic E-state index is 12.2. The van der Waals surface area contributed by atoms with Gasteiger partial charge >= 0.3 is 0 Å². The quantitative estimate of drug-likeness (QED) is 0.836. The van der Waals surface area contributed by atoms with Gasteiger partial charge in [0.05, 0.1) is 24.2 Å². The lowest BCUT2D eigenvalue weighted by molar-refractivity contribution is 0.498. The van der Waals surface area contributed by atoms with E-state index in [1.165, 1.54) is 12.3 Å². The van der Waals surface area contributed by atoms with Gasteiger partial charge in [-0.25, -0.2) is 13.1 Å². The third kappa shape index (κ3) is 3.95. The van der Waals surface area contributed by atoms with Gasteiger partial charge in [-0.1, -0.05) is 11.8 Å². The molecule has 0 aliphatic heterocycles. The van der Waals surface area contributed by atoms with E-state index >= 15 is 0 Å². The molecule has 5 nitrogen and oxygen atoms in total. The molecule has 0 aliphatic rings. The van der Waals surface area contributed by atoms with Gasteiger partial charge in [0.25, 0.3) is 0 Å². The molecule has 2 rings (SSSR count). The maximum atomic E-state index is 12.2. The highest BCUT2D eigenvalue weighted by Gasteiger charge is 2.15. The van der Waals surface area contributed by atoms with Crippen molar-refractivity contribution in [3.8, 4) is 11.8 Å². The first kappa shape index (κ1) is 15.3. The Labute approximate surface area is 124 Å². The van der Waals surface area contributed by atoms with Crippen LogP contribution in [0.4, 0.5) is 0 Å². The molecule has 0 atom stereocenters. The van der Waals surface area contributed by atoms with Gasteiger partial charge in [0.15, 0.2) is 0 Å². The average Bonchev–Trinajstić information content (AvgIpc) is 2.97. The van der Waals surface area contributed by atoms with E-state index in [0.717, 1.165) is 11.1 Å². The summed E-state index contributed by atoms with van der Waals surface area (Å²) in [6.07, 6.45) is 1.50. The summed E-state index contributed by atoms with van der Waals surface area (Å²) in [5.41, 5.74) is 6.88. The van der Waals surface area contributed by atoms with E-state index in [1.807, 2.05) is 6.92 Å². The zero-order valence-corrected chi connectivity index (χ0v) is 12.4. The van der Waals surface area contributed by atoms with Crippen molar-refractivity contribution in [3.05, 3.63) is 53.5 Å². The Morgan fingerprint density at radius 2 is 2.14 bits per heavy atom. The van der Waals surface area contributed by atoms with Crippen molar-refractivity contribution >= 4 is 10.0 Å². The summed E-state index contributed by atoms with van der Waals surface area (Å²) in [6.45, 7) is 2.19. The fourth-order valence-corrected chi connectivity index (χ4v) is 2.83. The molecule has 0 fully saturated rings. The van der Waals surface area contributed by atoms with Crippen molar-refractivity contribution < 1.29 is 12.8 Å². The second-order valence-corrected chi connectivity index (χ2v) is 6.15. The molecule has 1 aromatic heterocycles. The largest absolute Gasteiger partial charge is 0.468 e. The summed E-state index contributed by atoms with van der Waals surface area (Å²) in [5, 5.41) is 0. The van der Waals surface area contributed by atoms with Crippen LogP contribution in [0.5, 0.6) is 0 Å². The first-order valence-electron chi connectivity index (χ1n) is 6.34. The van der Waals surface area contributed by atoms with E-state index in [2.05, 4.69) is 16.6 Å². The van der Waals surface area contributed by atoms with E-state index in [9.17, 15) is 8.42 Å². The Morgan fingerprint density at radius 3 is 2.76 bits per heavy atom. The van der Waals surface area contributed by atoms with Crippen LogP contribution in [0.1, 0.15) is 16.9 Å². The second kappa shape index (κ2) is 6.59. The third-order valence-corrected chi connectivity index (χ3v) is 4.25. The topological polar surface area (TPSA) is 85.3 Å². The molecule has 0 spiro atoms. The number of sulfonamides is 1. The molecule has 0 radical (unpaired) electrons. The van der Waals surface area contributed by atoms with Crippen LogP contribution in [0, 0.1) is 18.8 Å². The summed E-state index contributed by atoms with van der Waals surface area (Å²) in [6, 6.07) is 8.21. The van der Waals surface area contributed by atoms with Gasteiger partial charge in [-0.05, 0) is 42.8 Å². The molecule has 3 N–H and O–H groups in total. The van der Waals surface area contributed by atoms with Crippen LogP contribution < -0.4 is 10.5 Å². The Morgan fingerprint density at radius 1 is 1.33 bits per heavy atom. The second-order valence-electron chi connectivity index (χ2n) is 4.39. The Balaban J connectivity index is 2.18. The van der Waals surface area contributed by atoms with Crippen molar-refractivity contribution in [2.75, 3.05) is 6.54 Å². The number of hydrogen-bond acceptors (Lipinski definition) is 4. The zero-order valence-electron chi connectivity index (χ0n) is 11.6. The van der Waals surface area contributed by atoms with Crippen LogP contribution in [0.15, 0.2) is 45.9 Å². The van der Waals surface area contributed by atoms with Crippen LogP contribution in [-0.2, 0) is 16.6 Å². The van der Waals surface area contributed by atoms with Crippen molar-refractivity contribution in [3.63, 3.8) is 0 Å². The van der Waals surface area contributed by atoms with E-state index in [-0.39, 0.29) is 18.0 Å². The van der Waals surface area contributed by atoms with Crippen molar-refractivity contribution in [2.24, 2.45) is 5.73 Å². The Kier molecular flexibility index (Phi) is 4.81. The lowest BCUT2D eigenvalue weighted by atomic mass is 10.1. The molecule has 1 heterocycles. The molecular weight excluding hydrogens is 288 g/mol. The summed E-state index contributed by atoms with van der Waals surface area (Å²) in [5.74, 6) is 6.20.